The molecule has 2 heterocycles. The Hall–Kier alpha value is -2.20. The van der Waals surface area contributed by atoms with E-state index in [4.69, 9.17) is 0 Å². The lowest BCUT2D eigenvalue weighted by Gasteiger charge is -2.05. The van der Waals surface area contributed by atoms with Crippen LogP contribution in [0.5, 0.6) is 0 Å². The Morgan fingerprint density at radius 3 is 2.60 bits per heavy atom. The quantitative estimate of drug-likeness (QED) is 0.521. The van der Waals surface area contributed by atoms with Crippen molar-refractivity contribution in [3.05, 3.63) is 65.5 Å². The molecule has 0 aliphatic heterocycles. The molecule has 96 valence electrons. The number of rotatable bonds is 1. The number of nitrogens with zero attached hydrogens (tertiary/aromatic N) is 3. The summed E-state index contributed by atoms with van der Waals surface area (Å²) < 4.78 is 3.19. The molecule has 0 spiro atoms. The average molecular weight is 324 g/mol. The smallest absolute Gasteiger partial charge is 0.156 e. The first kappa shape index (κ1) is 11.6. The normalized spacial score (nSPS) is 11.2. The highest BCUT2D eigenvalue weighted by Crippen LogP contribution is 2.32. The lowest BCUT2D eigenvalue weighted by molar-refractivity contribution is 1.04. The maximum absolute atomic E-state index is 4.44. The van der Waals surface area contributed by atoms with Gasteiger partial charge in [0, 0.05) is 27.6 Å². The predicted octanol–water partition coefficient (Wildman–Crippen LogP) is 4.34. The van der Waals surface area contributed by atoms with Crippen LogP contribution in [0.1, 0.15) is 0 Å². The van der Waals surface area contributed by atoms with Crippen molar-refractivity contribution in [2.24, 2.45) is 0 Å². The Bertz CT molecular complexity index is 913. The van der Waals surface area contributed by atoms with Gasteiger partial charge in [-0.3, -0.25) is 9.55 Å². The van der Waals surface area contributed by atoms with Crippen molar-refractivity contribution in [1.29, 1.82) is 0 Å². The highest BCUT2D eigenvalue weighted by Gasteiger charge is 2.12. The van der Waals surface area contributed by atoms with Gasteiger partial charge in [-0.2, -0.15) is 0 Å². The van der Waals surface area contributed by atoms with Crippen LogP contribution in [0.2, 0.25) is 0 Å². The second kappa shape index (κ2) is 4.42. The zero-order chi connectivity index (χ0) is 13.5. The molecule has 4 heteroatoms. The molecule has 2 aromatic heterocycles. The molecule has 0 amide bonds. The second-order valence-electron chi connectivity index (χ2n) is 4.58. The fourth-order valence-corrected chi connectivity index (χ4v) is 2.95. The Morgan fingerprint density at radius 2 is 1.75 bits per heavy atom. The van der Waals surface area contributed by atoms with E-state index in [1.807, 2.05) is 6.07 Å². The molecule has 0 bridgehead atoms. The number of aromatic nitrogens is 3. The van der Waals surface area contributed by atoms with E-state index in [1.54, 1.807) is 18.6 Å². The van der Waals surface area contributed by atoms with Crippen molar-refractivity contribution in [3.63, 3.8) is 0 Å². The van der Waals surface area contributed by atoms with Gasteiger partial charge in [-0.05, 0) is 18.2 Å². The standard InChI is InChI=1S/C16H10BrN3/c17-11-5-6-13-12-3-1-2-4-14(12)20(15(13)9-11)16-10-18-7-8-19-16/h1-10H. The third-order valence-corrected chi connectivity index (χ3v) is 3.91. The SMILES string of the molecule is Brc1ccc2c3ccccc3n(-c3cnccn3)c2c1. The van der Waals surface area contributed by atoms with Crippen LogP contribution in [0.4, 0.5) is 0 Å². The summed E-state index contributed by atoms with van der Waals surface area (Å²) in [5, 5.41) is 2.44. The Morgan fingerprint density at radius 1 is 0.900 bits per heavy atom. The predicted molar refractivity (Wildman–Crippen MR) is 84.1 cm³/mol. The van der Waals surface area contributed by atoms with Gasteiger partial charge in [-0.15, -0.1) is 0 Å². The second-order valence-corrected chi connectivity index (χ2v) is 5.49. The molecule has 0 radical (unpaired) electrons. The first-order valence-corrected chi connectivity index (χ1v) is 7.09. The van der Waals surface area contributed by atoms with E-state index in [0.29, 0.717) is 0 Å². The van der Waals surface area contributed by atoms with E-state index >= 15 is 0 Å². The molecule has 0 saturated heterocycles. The first-order chi connectivity index (χ1) is 9.84. The Kier molecular flexibility index (Phi) is 2.57. The van der Waals surface area contributed by atoms with Crippen molar-refractivity contribution in [2.75, 3.05) is 0 Å². The number of benzene rings is 2. The topological polar surface area (TPSA) is 30.7 Å². The van der Waals surface area contributed by atoms with E-state index in [9.17, 15) is 0 Å². The van der Waals surface area contributed by atoms with Crippen LogP contribution in [0, 0.1) is 0 Å². The van der Waals surface area contributed by atoms with Crippen LogP contribution in [-0.4, -0.2) is 14.5 Å². The fraction of sp³-hybridized carbons (Fsp3) is 0. The maximum atomic E-state index is 4.44. The van der Waals surface area contributed by atoms with Gasteiger partial charge in [-0.1, -0.05) is 40.2 Å². The van der Waals surface area contributed by atoms with Crippen molar-refractivity contribution in [3.8, 4) is 5.82 Å². The van der Waals surface area contributed by atoms with Gasteiger partial charge in [0.05, 0.1) is 17.2 Å². The van der Waals surface area contributed by atoms with E-state index in [1.165, 1.54) is 10.8 Å². The molecule has 0 N–H and O–H groups in total. The molecule has 0 unspecified atom stereocenters. The largest absolute Gasteiger partial charge is 0.292 e. The van der Waals surface area contributed by atoms with Crippen molar-refractivity contribution < 1.29 is 0 Å². The average Bonchev–Trinajstić information content (AvgIpc) is 2.81. The van der Waals surface area contributed by atoms with Crippen LogP contribution >= 0.6 is 15.9 Å². The minimum absolute atomic E-state index is 0.830. The lowest BCUT2D eigenvalue weighted by Crippen LogP contribution is -1.97. The van der Waals surface area contributed by atoms with Gasteiger partial charge in [0.15, 0.2) is 5.82 Å². The van der Waals surface area contributed by atoms with E-state index < -0.39 is 0 Å². The fourth-order valence-electron chi connectivity index (χ4n) is 2.60. The molecular formula is C16H10BrN3. The summed E-state index contributed by atoms with van der Waals surface area (Å²) in [4.78, 5) is 8.62. The van der Waals surface area contributed by atoms with Gasteiger partial charge in [0.1, 0.15) is 0 Å². The molecular weight excluding hydrogens is 314 g/mol. The Labute approximate surface area is 124 Å². The molecule has 0 atom stereocenters. The lowest BCUT2D eigenvalue weighted by atomic mass is 10.2. The van der Waals surface area contributed by atoms with Gasteiger partial charge in [0.25, 0.3) is 0 Å². The molecule has 0 saturated carbocycles. The molecule has 0 fully saturated rings. The minimum atomic E-state index is 0.830. The van der Waals surface area contributed by atoms with Gasteiger partial charge in [-0.25, -0.2) is 4.98 Å². The first-order valence-electron chi connectivity index (χ1n) is 6.30. The van der Waals surface area contributed by atoms with Gasteiger partial charge >= 0.3 is 0 Å². The Balaban J connectivity index is 2.23. The molecule has 20 heavy (non-hydrogen) atoms. The van der Waals surface area contributed by atoms with Crippen LogP contribution in [0.25, 0.3) is 27.6 Å². The molecule has 0 aliphatic carbocycles. The monoisotopic (exact) mass is 323 g/mol. The van der Waals surface area contributed by atoms with E-state index in [2.05, 4.69) is 66.9 Å². The molecule has 4 aromatic rings. The minimum Gasteiger partial charge on any atom is -0.292 e. The summed E-state index contributed by atoms with van der Waals surface area (Å²) in [5.74, 6) is 0.830. The molecule has 0 aliphatic rings. The maximum Gasteiger partial charge on any atom is 0.156 e. The summed E-state index contributed by atoms with van der Waals surface area (Å²) in [6.07, 6.45) is 5.19. The highest BCUT2D eigenvalue weighted by atomic mass is 79.9. The third-order valence-electron chi connectivity index (χ3n) is 3.41. The zero-order valence-corrected chi connectivity index (χ0v) is 12.1. The number of fused-ring (bicyclic) bond motifs is 3. The van der Waals surface area contributed by atoms with E-state index in [0.717, 1.165) is 21.3 Å². The highest BCUT2D eigenvalue weighted by molar-refractivity contribution is 9.10. The number of hydrogen-bond donors (Lipinski definition) is 0. The summed E-state index contributed by atoms with van der Waals surface area (Å²) >= 11 is 3.55. The van der Waals surface area contributed by atoms with E-state index in [-0.39, 0.29) is 0 Å². The zero-order valence-electron chi connectivity index (χ0n) is 10.5. The number of hydrogen-bond acceptors (Lipinski definition) is 2. The third kappa shape index (κ3) is 1.65. The molecule has 4 rings (SSSR count). The van der Waals surface area contributed by atoms with Crippen molar-refractivity contribution in [2.45, 2.75) is 0 Å². The molecule has 3 nitrogen and oxygen atoms in total. The summed E-state index contributed by atoms with van der Waals surface area (Å²) in [5.41, 5.74) is 2.27. The van der Waals surface area contributed by atoms with Crippen LogP contribution in [-0.2, 0) is 0 Å². The van der Waals surface area contributed by atoms with Gasteiger partial charge in [0.2, 0.25) is 0 Å². The summed E-state index contributed by atoms with van der Waals surface area (Å²) in [6.45, 7) is 0. The summed E-state index contributed by atoms with van der Waals surface area (Å²) in [7, 11) is 0. The molecule has 2 aromatic carbocycles. The number of para-hydroxylation sites is 1. The van der Waals surface area contributed by atoms with Crippen LogP contribution in [0.3, 0.4) is 0 Å². The van der Waals surface area contributed by atoms with Crippen LogP contribution in [0.15, 0.2) is 65.5 Å². The van der Waals surface area contributed by atoms with Crippen molar-refractivity contribution in [1.82, 2.24) is 14.5 Å². The van der Waals surface area contributed by atoms with Crippen molar-refractivity contribution >= 4 is 37.7 Å². The van der Waals surface area contributed by atoms with Gasteiger partial charge < -0.3 is 0 Å². The van der Waals surface area contributed by atoms with Crippen LogP contribution < -0.4 is 0 Å². The number of halogens is 1. The summed E-state index contributed by atoms with van der Waals surface area (Å²) in [6, 6.07) is 14.7.